The third-order valence-corrected chi connectivity index (χ3v) is 3.61. The number of ether oxygens (including phenoxy) is 1. The van der Waals surface area contributed by atoms with E-state index in [1.54, 1.807) is 17.9 Å². The van der Waals surface area contributed by atoms with Gasteiger partial charge in [0.05, 0.1) is 18.8 Å². The number of hydrogen-bond acceptors (Lipinski definition) is 5. The molecule has 3 aromatic rings. The number of nitrogens with zero attached hydrogens (tertiary/aromatic N) is 5. The van der Waals surface area contributed by atoms with Crippen molar-refractivity contribution in [2.75, 3.05) is 7.11 Å². The number of rotatable bonds is 5. The maximum Gasteiger partial charge on any atom is 0.314 e. The Bertz CT molecular complexity index is 840. The maximum atomic E-state index is 12.4. The van der Waals surface area contributed by atoms with Gasteiger partial charge in [-0.05, 0) is 24.6 Å². The Morgan fingerprint density at radius 3 is 2.75 bits per heavy atom. The summed E-state index contributed by atoms with van der Waals surface area (Å²) in [5.74, 6) is -0.297. The molecule has 0 bridgehead atoms. The van der Waals surface area contributed by atoms with Crippen molar-refractivity contribution in [1.29, 1.82) is 0 Å². The molecule has 0 radical (unpaired) electrons. The molecule has 0 fully saturated rings. The van der Waals surface area contributed by atoms with Crippen molar-refractivity contribution in [3.63, 3.8) is 0 Å². The number of hydrogen-bond donors (Lipinski definition) is 1. The minimum absolute atomic E-state index is 0.0674. The van der Waals surface area contributed by atoms with Crippen molar-refractivity contribution < 1.29 is 9.53 Å². The first-order valence-electron chi connectivity index (χ1n) is 7.45. The predicted molar refractivity (Wildman–Crippen MR) is 87.0 cm³/mol. The van der Waals surface area contributed by atoms with Crippen molar-refractivity contribution in [2.45, 2.75) is 13.0 Å². The van der Waals surface area contributed by atoms with Gasteiger partial charge < -0.3 is 10.1 Å². The van der Waals surface area contributed by atoms with Crippen molar-refractivity contribution in [1.82, 2.24) is 29.9 Å². The molecule has 2 heterocycles. The van der Waals surface area contributed by atoms with Crippen molar-refractivity contribution in [2.24, 2.45) is 7.05 Å². The van der Waals surface area contributed by atoms with Crippen LogP contribution in [-0.4, -0.2) is 37.6 Å². The second kappa shape index (κ2) is 6.53. The van der Waals surface area contributed by atoms with Crippen LogP contribution in [-0.2, 0) is 7.05 Å². The molecule has 1 atom stereocenters. The average Bonchev–Trinajstić information content (AvgIpc) is 3.24. The second-order valence-electron chi connectivity index (χ2n) is 5.25. The standard InChI is InChI=1S/C16H18N6O2/c1-11(18-15(23)14-19-16(24-3)21(2)20-14)12-7-4-5-8-13(12)22-10-6-9-17-22/h4-11H,1-3H3,(H,18,23). The molecule has 8 nitrogen and oxygen atoms in total. The van der Waals surface area contributed by atoms with Crippen LogP contribution in [0.2, 0.25) is 0 Å². The lowest BCUT2D eigenvalue weighted by Crippen LogP contribution is -2.28. The zero-order chi connectivity index (χ0) is 17.1. The average molecular weight is 326 g/mol. The molecule has 0 aliphatic heterocycles. The smallest absolute Gasteiger partial charge is 0.314 e. The van der Waals surface area contributed by atoms with Gasteiger partial charge in [-0.1, -0.05) is 18.2 Å². The Morgan fingerprint density at radius 2 is 2.08 bits per heavy atom. The fourth-order valence-electron chi connectivity index (χ4n) is 2.46. The minimum Gasteiger partial charge on any atom is -0.467 e. The van der Waals surface area contributed by atoms with Gasteiger partial charge in [0.1, 0.15) is 0 Å². The Hall–Kier alpha value is -3.16. The van der Waals surface area contributed by atoms with Crippen LogP contribution in [0.4, 0.5) is 0 Å². The summed E-state index contributed by atoms with van der Waals surface area (Å²) in [4.78, 5) is 16.4. The molecule has 8 heteroatoms. The van der Waals surface area contributed by atoms with E-state index in [0.29, 0.717) is 0 Å². The summed E-state index contributed by atoms with van der Waals surface area (Å²) in [6, 6.07) is 9.65. The van der Waals surface area contributed by atoms with E-state index in [1.807, 2.05) is 43.5 Å². The molecular formula is C16H18N6O2. The van der Waals surface area contributed by atoms with Gasteiger partial charge in [0, 0.05) is 19.4 Å². The van der Waals surface area contributed by atoms with E-state index in [0.717, 1.165) is 11.3 Å². The third kappa shape index (κ3) is 2.98. The summed E-state index contributed by atoms with van der Waals surface area (Å²) in [6.07, 6.45) is 3.57. The van der Waals surface area contributed by atoms with Crippen LogP contribution in [0.25, 0.3) is 5.69 Å². The van der Waals surface area contributed by atoms with E-state index in [-0.39, 0.29) is 23.8 Å². The highest BCUT2D eigenvalue weighted by Gasteiger charge is 2.19. The highest BCUT2D eigenvalue weighted by atomic mass is 16.5. The Morgan fingerprint density at radius 1 is 1.29 bits per heavy atom. The Labute approximate surface area is 139 Å². The van der Waals surface area contributed by atoms with Gasteiger partial charge in [-0.3, -0.25) is 4.79 Å². The largest absolute Gasteiger partial charge is 0.467 e. The van der Waals surface area contributed by atoms with Gasteiger partial charge in [0.25, 0.3) is 5.91 Å². The van der Waals surface area contributed by atoms with Crippen LogP contribution in [0, 0.1) is 0 Å². The number of benzene rings is 1. The fourth-order valence-corrected chi connectivity index (χ4v) is 2.46. The number of para-hydroxylation sites is 1. The van der Waals surface area contributed by atoms with Crippen molar-refractivity contribution in [3.8, 4) is 11.7 Å². The summed E-state index contributed by atoms with van der Waals surface area (Å²) < 4.78 is 8.21. The number of aryl methyl sites for hydroxylation is 1. The molecule has 0 aliphatic rings. The molecule has 0 spiro atoms. The lowest BCUT2D eigenvalue weighted by atomic mass is 10.1. The first-order valence-corrected chi connectivity index (χ1v) is 7.45. The predicted octanol–water partition coefficient (Wildman–Crippen LogP) is 1.50. The molecule has 1 unspecified atom stereocenters. The normalized spacial score (nSPS) is 12.0. The summed E-state index contributed by atoms with van der Waals surface area (Å²) in [5.41, 5.74) is 1.85. The number of carbonyl (C=O) groups is 1. The van der Waals surface area contributed by atoms with E-state index >= 15 is 0 Å². The zero-order valence-electron chi connectivity index (χ0n) is 13.7. The monoisotopic (exact) mass is 326 g/mol. The second-order valence-corrected chi connectivity index (χ2v) is 5.25. The molecular weight excluding hydrogens is 308 g/mol. The molecule has 0 saturated heterocycles. The third-order valence-electron chi connectivity index (χ3n) is 3.61. The quantitative estimate of drug-likeness (QED) is 0.768. The number of aromatic nitrogens is 5. The number of carbonyl (C=O) groups excluding carboxylic acids is 1. The Kier molecular flexibility index (Phi) is 4.28. The summed E-state index contributed by atoms with van der Waals surface area (Å²) in [5, 5.41) is 11.2. The van der Waals surface area contributed by atoms with Gasteiger partial charge in [-0.25, -0.2) is 9.36 Å². The molecule has 1 N–H and O–H groups in total. The summed E-state index contributed by atoms with van der Waals surface area (Å²) >= 11 is 0. The molecule has 24 heavy (non-hydrogen) atoms. The molecule has 3 rings (SSSR count). The van der Waals surface area contributed by atoms with Crippen LogP contribution < -0.4 is 10.1 Å². The molecule has 2 aromatic heterocycles. The molecule has 1 amide bonds. The van der Waals surface area contributed by atoms with Crippen LogP contribution >= 0.6 is 0 Å². The van der Waals surface area contributed by atoms with Crippen LogP contribution in [0.15, 0.2) is 42.7 Å². The van der Waals surface area contributed by atoms with E-state index in [1.165, 1.54) is 11.8 Å². The lowest BCUT2D eigenvalue weighted by molar-refractivity contribution is 0.0929. The van der Waals surface area contributed by atoms with Gasteiger partial charge >= 0.3 is 6.01 Å². The van der Waals surface area contributed by atoms with E-state index in [9.17, 15) is 4.79 Å². The van der Waals surface area contributed by atoms with Gasteiger partial charge in [0.2, 0.25) is 5.82 Å². The minimum atomic E-state index is -0.364. The number of nitrogens with one attached hydrogen (secondary N) is 1. The first kappa shape index (κ1) is 15.7. The highest BCUT2D eigenvalue weighted by Crippen LogP contribution is 2.21. The topological polar surface area (TPSA) is 86.9 Å². The van der Waals surface area contributed by atoms with E-state index < -0.39 is 0 Å². The lowest BCUT2D eigenvalue weighted by Gasteiger charge is -2.17. The summed E-state index contributed by atoms with van der Waals surface area (Å²) in [6.45, 7) is 1.90. The molecule has 1 aromatic carbocycles. The molecule has 0 saturated carbocycles. The highest BCUT2D eigenvalue weighted by molar-refractivity contribution is 5.90. The SMILES string of the molecule is COc1nc(C(=O)NC(C)c2ccccc2-n2cccn2)nn1C. The number of amides is 1. The number of methoxy groups -OCH3 is 1. The maximum absolute atomic E-state index is 12.4. The van der Waals surface area contributed by atoms with Gasteiger partial charge in [-0.2, -0.15) is 10.1 Å². The first-order chi connectivity index (χ1) is 11.6. The van der Waals surface area contributed by atoms with Crippen LogP contribution in [0.3, 0.4) is 0 Å². The molecule has 0 aliphatic carbocycles. The van der Waals surface area contributed by atoms with E-state index in [2.05, 4.69) is 20.5 Å². The van der Waals surface area contributed by atoms with Gasteiger partial charge in [-0.15, -0.1) is 5.10 Å². The van der Waals surface area contributed by atoms with E-state index in [4.69, 9.17) is 4.74 Å². The van der Waals surface area contributed by atoms with Gasteiger partial charge in [0.15, 0.2) is 0 Å². The zero-order valence-corrected chi connectivity index (χ0v) is 13.7. The fraction of sp³-hybridized carbons (Fsp3) is 0.250. The van der Waals surface area contributed by atoms with Crippen molar-refractivity contribution in [3.05, 3.63) is 54.1 Å². The van der Waals surface area contributed by atoms with Crippen LogP contribution in [0.1, 0.15) is 29.1 Å². The van der Waals surface area contributed by atoms with Crippen LogP contribution in [0.5, 0.6) is 6.01 Å². The van der Waals surface area contributed by atoms with Crippen molar-refractivity contribution >= 4 is 5.91 Å². The molecule has 124 valence electrons. The Balaban J connectivity index is 1.82. The summed E-state index contributed by atoms with van der Waals surface area (Å²) in [7, 11) is 3.15.